The van der Waals surface area contributed by atoms with Gasteiger partial charge >= 0.3 is 0 Å². The molecule has 0 spiro atoms. The molecule has 5 nitrogen and oxygen atoms in total. The fraction of sp³-hybridized carbons (Fsp3) is 0.300. The van der Waals surface area contributed by atoms with Gasteiger partial charge in [-0.1, -0.05) is 30.8 Å². The van der Waals surface area contributed by atoms with Gasteiger partial charge in [-0.15, -0.1) is 10.2 Å². The van der Waals surface area contributed by atoms with Crippen LogP contribution >= 0.6 is 11.8 Å². The highest BCUT2D eigenvalue weighted by Crippen LogP contribution is 2.34. The molecule has 26 heavy (non-hydrogen) atoms. The number of rotatable bonds is 5. The maximum Gasteiger partial charge on any atom is 0.195 e. The van der Waals surface area contributed by atoms with Gasteiger partial charge in [-0.25, -0.2) is 0 Å². The van der Waals surface area contributed by atoms with Crippen LogP contribution in [0.5, 0.6) is 0 Å². The molecule has 0 radical (unpaired) electrons. The summed E-state index contributed by atoms with van der Waals surface area (Å²) in [6.45, 7) is 6.51. The SMILES string of the molecule is CCc1cccc(-n2c(SC)nnc2-c2cc3occc3n2C(C)C)c1. The highest BCUT2D eigenvalue weighted by atomic mass is 32.2. The van der Waals surface area contributed by atoms with E-state index in [0.717, 1.165) is 39.9 Å². The summed E-state index contributed by atoms with van der Waals surface area (Å²) < 4.78 is 10.0. The Labute approximate surface area is 157 Å². The first-order chi connectivity index (χ1) is 12.6. The van der Waals surface area contributed by atoms with Gasteiger partial charge in [-0.3, -0.25) is 4.57 Å². The van der Waals surface area contributed by atoms with Gasteiger partial charge < -0.3 is 8.98 Å². The Bertz CT molecular complexity index is 1060. The topological polar surface area (TPSA) is 48.8 Å². The maximum atomic E-state index is 5.64. The molecular formula is C20H22N4OS. The zero-order valence-corrected chi connectivity index (χ0v) is 16.2. The molecule has 0 aliphatic heterocycles. The number of benzene rings is 1. The molecule has 3 aromatic heterocycles. The van der Waals surface area contributed by atoms with Crippen LogP contribution in [-0.4, -0.2) is 25.6 Å². The quantitative estimate of drug-likeness (QED) is 0.447. The number of fused-ring (bicyclic) bond motifs is 1. The molecule has 0 fully saturated rings. The Morgan fingerprint density at radius 3 is 2.73 bits per heavy atom. The van der Waals surface area contributed by atoms with Gasteiger partial charge in [0.25, 0.3) is 0 Å². The fourth-order valence-corrected chi connectivity index (χ4v) is 3.89. The van der Waals surface area contributed by atoms with Crippen molar-refractivity contribution in [3.63, 3.8) is 0 Å². The second-order valence-corrected chi connectivity index (χ2v) is 7.31. The highest BCUT2D eigenvalue weighted by molar-refractivity contribution is 7.98. The van der Waals surface area contributed by atoms with Crippen molar-refractivity contribution < 1.29 is 4.42 Å². The van der Waals surface area contributed by atoms with Crippen LogP contribution in [0.25, 0.3) is 28.3 Å². The van der Waals surface area contributed by atoms with E-state index in [2.05, 4.69) is 70.4 Å². The normalized spacial score (nSPS) is 11.7. The molecule has 0 aliphatic carbocycles. The van der Waals surface area contributed by atoms with E-state index in [1.54, 1.807) is 18.0 Å². The zero-order valence-electron chi connectivity index (χ0n) is 15.4. The third-order valence-electron chi connectivity index (χ3n) is 4.60. The minimum Gasteiger partial charge on any atom is -0.463 e. The predicted molar refractivity (Wildman–Crippen MR) is 106 cm³/mol. The summed E-state index contributed by atoms with van der Waals surface area (Å²) in [5.74, 6) is 0.836. The Hall–Kier alpha value is -2.47. The molecule has 0 aliphatic rings. The number of furan rings is 1. The number of hydrogen-bond acceptors (Lipinski definition) is 4. The molecule has 4 rings (SSSR count). The van der Waals surface area contributed by atoms with Crippen molar-refractivity contribution in [2.24, 2.45) is 0 Å². The number of nitrogens with zero attached hydrogens (tertiary/aromatic N) is 4. The summed E-state index contributed by atoms with van der Waals surface area (Å²) in [5, 5.41) is 9.84. The van der Waals surface area contributed by atoms with E-state index >= 15 is 0 Å². The third-order valence-corrected chi connectivity index (χ3v) is 5.23. The van der Waals surface area contributed by atoms with Gasteiger partial charge in [-0.2, -0.15) is 0 Å². The summed E-state index contributed by atoms with van der Waals surface area (Å²) in [6, 6.07) is 12.9. The van der Waals surface area contributed by atoms with Gasteiger partial charge in [-0.05, 0) is 44.2 Å². The van der Waals surface area contributed by atoms with E-state index in [9.17, 15) is 0 Å². The lowest BCUT2D eigenvalue weighted by atomic mass is 10.1. The Kier molecular flexibility index (Phi) is 4.36. The smallest absolute Gasteiger partial charge is 0.195 e. The van der Waals surface area contributed by atoms with Gasteiger partial charge in [0.15, 0.2) is 16.6 Å². The summed E-state index contributed by atoms with van der Waals surface area (Å²) in [6.07, 6.45) is 4.76. The Morgan fingerprint density at radius 2 is 2.00 bits per heavy atom. The minimum absolute atomic E-state index is 0.282. The molecular weight excluding hydrogens is 344 g/mol. The zero-order chi connectivity index (χ0) is 18.3. The summed E-state index contributed by atoms with van der Waals surface area (Å²) >= 11 is 1.60. The van der Waals surface area contributed by atoms with Gasteiger partial charge in [0.1, 0.15) is 0 Å². The maximum absolute atomic E-state index is 5.64. The standard InChI is InChI=1S/C20H22N4OS/c1-5-14-7-6-8-15(11-14)24-19(21-22-20(24)26-4)17-12-18-16(9-10-25-18)23(17)13(2)3/h6-13H,5H2,1-4H3. The molecule has 134 valence electrons. The van der Waals surface area contributed by atoms with Crippen molar-refractivity contribution >= 4 is 22.9 Å². The van der Waals surface area contributed by atoms with E-state index < -0.39 is 0 Å². The van der Waals surface area contributed by atoms with Crippen LogP contribution < -0.4 is 0 Å². The van der Waals surface area contributed by atoms with Crippen molar-refractivity contribution in [1.82, 2.24) is 19.3 Å². The van der Waals surface area contributed by atoms with E-state index in [1.165, 1.54) is 5.56 Å². The first-order valence-corrected chi connectivity index (χ1v) is 10.0. The van der Waals surface area contributed by atoms with E-state index in [4.69, 9.17) is 4.42 Å². The van der Waals surface area contributed by atoms with Crippen LogP contribution in [0, 0.1) is 0 Å². The third kappa shape index (κ3) is 2.65. The second-order valence-electron chi connectivity index (χ2n) is 6.53. The van der Waals surface area contributed by atoms with Crippen molar-refractivity contribution in [2.75, 3.05) is 6.26 Å². The van der Waals surface area contributed by atoms with E-state index in [0.29, 0.717) is 0 Å². The van der Waals surface area contributed by atoms with Crippen LogP contribution in [0.15, 0.2) is 52.2 Å². The monoisotopic (exact) mass is 366 g/mol. The van der Waals surface area contributed by atoms with Gasteiger partial charge in [0, 0.05) is 18.2 Å². The van der Waals surface area contributed by atoms with Crippen LogP contribution in [0.4, 0.5) is 0 Å². The van der Waals surface area contributed by atoms with Crippen LogP contribution in [0.2, 0.25) is 0 Å². The number of hydrogen-bond donors (Lipinski definition) is 0. The number of thioether (sulfide) groups is 1. The molecule has 0 unspecified atom stereocenters. The summed E-state index contributed by atoms with van der Waals surface area (Å²) in [5.41, 5.74) is 5.35. The van der Waals surface area contributed by atoms with Crippen LogP contribution in [-0.2, 0) is 6.42 Å². The molecule has 0 bridgehead atoms. The molecule has 0 saturated carbocycles. The largest absolute Gasteiger partial charge is 0.463 e. The first kappa shape index (κ1) is 17.0. The highest BCUT2D eigenvalue weighted by Gasteiger charge is 2.22. The lowest BCUT2D eigenvalue weighted by Crippen LogP contribution is -2.06. The Balaban J connectivity index is 1.98. The van der Waals surface area contributed by atoms with Gasteiger partial charge in [0.05, 0.1) is 23.2 Å². The average Bonchev–Trinajstić information content (AvgIpc) is 3.34. The first-order valence-electron chi connectivity index (χ1n) is 8.81. The van der Waals surface area contributed by atoms with E-state index in [1.807, 2.05) is 12.3 Å². The second kappa shape index (κ2) is 6.68. The fourth-order valence-electron chi connectivity index (χ4n) is 3.39. The van der Waals surface area contributed by atoms with Crippen molar-refractivity contribution in [1.29, 1.82) is 0 Å². The molecule has 3 heterocycles. The van der Waals surface area contributed by atoms with Crippen molar-refractivity contribution in [3.8, 4) is 17.2 Å². The molecule has 1 aromatic carbocycles. The minimum atomic E-state index is 0.282. The van der Waals surface area contributed by atoms with Gasteiger partial charge in [0.2, 0.25) is 0 Å². The number of aryl methyl sites for hydroxylation is 1. The lowest BCUT2D eigenvalue weighted by molar-refractivity contribution is 0.614. The van der Waals surface area contributed by atoms with Crippen molar-refractivity contribution in [2.45, 2.75) is 38.4 Å². The molecule has 0 saturated heterocycles. The van der Waals surface area contributed by atoms with Crippen molar-refractivity contribution in [3.05, 3.63) is 48.2 Å². The van der Waals surface area contributed by atoms with Crippen LogP contribution in [0.1, 0.15) is 32.4 Å². The number of aromatic nitrogens is 4. The van der Waals surface area contributed by atoms with E-state index in [-0.39, 0.29) is 6.04 Å². The Morgan fingerprint density at radius 1 is 1.15 bits per heavy atom. The average molecular weight is 366 g/mol. The molecule has 0 N–H and O–H groups in total. The molecule has 6 heteroatoms. The predicted octanol–water partition coefficient (Wildman–Crippen LogP) is 5.35. The lowest BCUT2D eigenvalue weighted by Gasteiger charge is -2.15. The molecule has 0 amide bonds. The molecule has 4 aromatic rings. The summed E-state index contributed by atoms with van der Waals surface area (Å²) in [4.78, 5) is 0. The summed E-state index contributed by atoms with van der Waals surface area (Å²) in [7, 11) is 0. The molecule has 0 atom stereocenters. The van der Waals surface area contributed by atoms with Crippen LogP contribution in [0.3, 0.4) is 0 Å².